The fourth-order valence-electron chi connectivity index (χ4n) is 3.19. The van der Waals surface area contributed by atoms with E-state index in [0.717, 1.165) is 12.8 Å². The zero-order chi connectivity index (χ0) is 12.0. The molecule has 2 aliphatic rings. The first-order chi connectivity index (χ1) is 7.43. The fraction of sp³-hybridized carbons (Fsp3) is 0.733. The monoisotopic (exact) mass is 218 g/mol. The quantitative estimate of drug-likeness (QED) is 0.446. The van der Waals surface area contributed by atoms with Gasteiger partial charge in [0.05, 0.1) is 5.60 Å². The van der Waals surface area contributed by atoms with Crippen molar-refractivity contribution in [2.45, 2.75) is 58.2 Å². The first-order valence-electron chi connectivity index (χ1n) is 6.29. The Balaban J connectivity index is 2.36. The van der Waals surface area contributed by atoms with Crippen LogP contribution in [0.4, 0.5) is 0 Å². The third kappa shape index (κ3) is 1.52. The molecular formula is C15H22O. The van der Waals surface area contributed by atoms with E-state index in [-0.39, 0.29) is 11.2 Å². The normalized spacial score (nSPS) is 47.8. The van der Waals surface area contributed by atoms with Crippen LogP contribution in [0.25, 0.3) is 0 Å². The maximum atomic E-state index is 6.32. The van der Waals surface area contributed by atoms with Crippen molar-refractivity contribution < 1.29 is 4.74 Å². The molecule has 1 saturated heterocycles. The van der Waals surface area contributed by atoms with Crippen LogP contribution in [0.3, 0.4) is 0 Å². The molecule has 1 heteroatoms. The van der Waals surface area contributed by atoms with Crippen LogP contribution in [0.2, 0.25) is 0 Å². The molecule has 0 saturated carbocycles. The molecule has 0 aromatic carbocycles. The third-order valence-electron chi connectivity index (χ3n) is 4.74. The Morgan fingerprint density at radius 3 is 2.69 bits per heavy atom. The van der Waals surface area contributed by atoms with Gasteiger partial charge in [0.25, 0.3) is 0 Å². The van der Waals surface area contributed by atoms with Gasteiger partial charge >= 0.3 is 0 Å². The molecule has 0 N–H and O–H groups in total. The van der Waals surface area contributed by atoms with Crippen molar-refractivity contribution in [1.29, 1.82) is 0 Å². The highest BCUT2D eigenvalue weighted by Crippen LogP contribution is 2.51. The van der Waals surface area contributed by atoms with Crippen LogP contribution < -0.4 is 0 Å². The third-order valence-corrected chi connectivity index (χ3v) is 4.74. The lowest BCUT2D eigenvalue weighted by molar-refractivity contribution is -0.0886. The van der Waals surface area contributed by atoms with Crippen molar-refractivity contribution in [3.05, 3.63) is 11.6 Å². The lowest BCUT2D eigenvalue weighted by atomic mass is 9.69. The summed E-state index contributed by atoms with van der Waals surface area (Å²) in [5.74, 6) is 4.07. The maximum Gasteiger partial charge on any atom is 0.126 e. The summed E-state index contributed by atoms with van der Waals surface area (Å²) >= 11 is 0. The van der Waals surface area contributed by atoms with Crippen molar-refractivity contribution >= 4 is 0 Å². The summed E-state index contributed by atoms with van der Waals surface area (Å²) in [6, 6.07) is 0. The number of hydrogen-bond acceptors (Lipinski definition) is 1. The predicted molar refractivity (Wildman–Crippen MR) is 67.0 cm³/mol. The standard InChI is InChI=1S/C15H22O/c1-6-14(5)9-10-15(16-14)12(3)8-7-11(2)13(15)4/h1,8,11,13H,7,9-10H2,2-5H3/t11-,13+,14-,15-/m0/s1. The Hall–Kier alpha value is -0.740. The van der Waals surface area contributed by atoms with Crippen LogP contribution in [0.15, 0.2) is 11.6 Å². The lowest BCUT2D eigenvalue weighted by Gasteiger charge is -2.43. The van der Waals surface area contributed by atoms with Gasteiger partial charge in [-0.15, -0.1) is 6.42 Å². The molecule has 1 heterocycles. The van der Waals surface area contributed by atoms with Crippen LogP contribution in [0, 0.1) is 24.2 Å². The molecule has 0 radical (unpaired) electrons. The smallest absolute Gasteiger partial charge is 0.126 e. The molecule has 1 aliphatic carbocycles. The van der Waals surface area contributed by atoms with Crippen LogP contribution >= 0.6 is 0 Å². The average molecular weight is 218 g/mol. The van der Waals surface area contributed by atoms with Gasteiger partial charge in [0, 0.05) is 0 Å². The first kappa shape index (κ1) is 11.7. The number of ether oxygens (including phenoxy) is 1. The van der Waals surface area contributed by atoms with Gasteiger partial charge in [-0.3, -0.25) is 0 Å². The van der Waals surface area contributed by atoms with Crippen molar-refractivity contribution in [3.8, 4) is 12.3 Å². The number of rotatable bonds is 0. The zero-order valence-corrected chi connectivity index (χ0v) is 10.8. The Labute approximate surface area is 99.3 Å². The van der Waals surface area contributed by atoms with Crippen LogP contribution in [-0.4, -0.2) is 11.2 Å². The summed E-state index contributed by atoms with van der Waals surface area (Å²) in [7, 11) is 0. The topological polar surface area (TPSA) is 9.23 Å². The Morgan fingerprint density at radius 2 is 2.12 bits per heavy atom. The highest BCUT2D eigenvalue weighted by atomic mass is 16.5. The van der Waals surface area contributed by atoms with E-state index in [4.69, 9.17) is 11.2 Å². The summed E-state index contributed by atoms with van der Waals surface area (Å²) in [5, 5.41) is 0. The van der Waals surface area contributed by atoms with Gasteiger partial charge in [0.1, 0.15) is 5.60 Å². The summed E-state index contributed by atoms with van der Waals surface area (Å²) < 4.78 is 6.32. The second-order valence-electron chi connectivity index (χ2n) is 5.76. The average Bonchev–Trinajstić information content (AvgIpc) is 2.63. The number of allylic oxidation sites excluding steroid dienone is 1. The first-order valence-corrected chi connectivity index (χ1v) is 6.29. The summed E-state index contributed by atoms with van der Waals surface area (Å²) in [6.45, 7) is 8.86. The molecule has 1 fully saturated rings. The van der Waals surface area contributed by atoms with E-state index in [2.05, 4.69) is 32.8 Å². The van der Waals surface area contributed by atoms with E-state index < -0.39 is 0 Å². The van der Waals surface area contributed by atoms with Crippen molar-refractivity contribution in [2.24, 2.45) is 11.8 Å². The van der Waals surface area contributed by atoms with Crippen LogP contribution in [-0.2, 0) is 4.74 Å². The minimum absolute atomic E-state index is 0.0845. The molecule has 0 aromatic heterocycles. The highest BCUT2D eigenvalue weighted by Gasteiger charge is 2.52. The molecule has 0 bridgehead atoms. The molecule has 0 amide bonds. The molecule has 1 spiro atoms. The fourth-order valence-corrected chi connectivity index (χ4v) is 3.19. The summed E-state index contributed by atoms with van der Waals surface area (Å²) in [5.41, 5.74) is 0.941. The Morgan fingerprint density at radius 1 is 1.44 bits per heavy atom. The predicted octanol–water partition coefficient (Wildman–Crippen LogP) is 3.55. The van der Waals surface area contributed by atoms with E-state index in [1.54, 1.807) is 0 Å². The Bertz CT molecular complexity index is 362. The molecular weight excluding hydrogens is 196 g/mol. The Kier molecular flexibility index (Phi) is 2.67. The second kappa shape index (κ2) is 3.64. The van der Waals surface area contributed by atoms with E-state index in [1.165, 1.54) is 12.0 Å². The number of hydrogen-bond donors (Lipinski definition) is 0. The van der Waals surface area contributed by atoms with Crippen LogP contribution in [0.5, 0.6) is 0 Å². The molecule has 88 valence electrons. The lowest BCUT2D eigenvalue weighted by Crippen LogP contribution is -2.44. The minimum atomic E-state index is -0.361. The van der Waals surface area contributed by atoms with Gasteiger partial charge in [-0.05, 0) is 50.5 Å². The molecule has 16 heavy (non-hydrogen) atoms. The van der Waals surface area contributed by atoms with Crippen molar-refractivity contribution in [1.82, 2.24) is 0 Å². The maximum absolute atomic E-state index is 6.32. The molecule has 2 rings (SSSR count). The van der Waals surface area contributed by atoms with E-state index >= 15 is 0 Å². The van der Waals surface area contributed by atoms with Gasteiger partial charge in [0.15, 0.2) is 0 Å². The molecule has 0 unspecified atom stereocenters. The summed E-state index contributed by atoms with van der Waals surface area (Å²) in [6.07, 6.45) is 11.1. The van der Waals surface area contributed by atoms with Crippen molar-refractivity contribution in [2.75, 3.05) is 0 Å². The minimum Gasteiger partial charge on any atom is -0.352 e. The van der Waals surface area contributed by atoms with E-state index in [9.17, 15) is 0 Å². The summed E-state index contributed by atoms with van der Waals surface area (Å²) in [4.78, 5) is 0. The van der Waals surface area contributed by atoms with Gasteiger partial charge in [0.2, 0.25) is 0 Å². The van der Waals surface area contributed by atoms with Crippen LogP contribution in [0.1, 0.15) is 47.0 Å². The molecule has 4 atom stereocenters. The zero-order valence-electron chi connectivity index (χ0n) is 10.8. The SMILES string of the molecule is C#C[C@@]1(C)CC[C@]2(O1)C(C)=CC[C@H](C)[C@H]2C. The largest absolute Gasteiger partial charge is 0.352 e. The van der Waals surface area contributed by atoms with Gasteiger partial charge in [-0.1, -0.05) is 25.8 Å². The van der Waals surface area contributed by atoms with Gasteiger partial charge in [-0.25, -0.2) is 0 Å². The van der Waals surface area contributed by atoms with Crippen molar-refractivity contribution in [3.63, 3.8) is 0 Å². The van der Waals surface area contributed by atoms with E-state index in [0.29, 0.717) is 11.8 Å². The highest BCUT2D eigenvalue weighted by molar-refractivity contribution is 5.26. The van der Waals surface area contributed by atoms with E-state index in [1.807, 2.05) is 6.92 Å². The molecule has 1 nitrogen and oxygen atoms in total. The van der Waals surface area contributed by atoms with Gasteiger partial charge in [-0.2, -0.15) is 0 Å². The molecule has 0 aromatic rings. The van der Waals surface area contributed by atoms with Gasteiger partial charge < -0.3 is 4.74 Å². The second-order valence-corrected chi connectivity index (χ2v) is 5.76. The molecule has 1 aliphatic heterocycles. The number of terminal acetylenes is 1.